The fourth-order valence-electron chi connectivity index (χ4n) is 2.96. The van der Waals surface area contributed by atoms with Crippen molar-refractivity contribution >= 4 is 11.8 Å². The van der Waals surface area contributed by atoms with E-state index in [9.17, 15) is 0 Å². The molecule has 0 N–H and O–H groups in total. The Morgan fingerprint density at radius 2 is 2.05 bits per heavy atom. The van der Waals surface area contributed by atoms with E-state index in [1.807, 2.05) is 0 Å². The van der Waals surface area contributed by atoms with Gasteiger partial charge < -0.3 is 19.3 Å². The average Bonchev–Trinajstić information content (AvgIpc) is 3.08. The number of hydrogen-bond donors (Lipinski definition) is 0. The Balaban J connectivity index is 1.76. The Labute approximate surface area is 132 Å². The smallest absolute Gasteiger partial charge is 0.227 e. The van der Waals surface area contributed by atoms with Crippen molar-refractivity contribution in [2.75, 3.05) is 62.9 Å². The van der Waals surface area contributed by atoms with Gasteiger partial charge in [0.15, 0.2) is 0 Å². The van der Waals surface area contributed by atoms with E-state index in [0.29, 0.717) is 5.92 Å². The van der Waals surface area contributed by atoms with Crippen LogP contribution >= 0.6 is 0 Å². The van der Waals surface area contributed by atoms with Gasteiger partial charge in [-0.05, 0) is 12.8 Å². The van der Waals surface area contributed by atoms with Crippen LogP contribution in [0.1, 0.15) is 19.0 Å². The van der Waals surface area contributed by atoms with Crippen molar-refractivity contribution in [3.63, 3.8) is 0 Å². The fourth-order valence-corrected chi connectivity index (χ4v) is 2.96. The van der Waals surface area contributed by atoms with E-state index in [4.69, 9.17) is 19.4 Å². The van der Waals surface area contributed by atoms with E-state index < -0.39 is 0 Å². The number of aryl methyl sites for hydroxylation is 1. The number of anilines is 2. The van der Waals surface area contributed by atoms with E-state index in [0.717, 1.165) is 76.4 Å². The second kappa shape index (κ2) is 7.24. The van der Waals surface area contributed by atoms with Crippen LogP contribution in [0, 0.1) is 5.92 Å². The number of hydrogen-bond acceptors (Lipinski definition) is 6. The van der Waals surface area contributed by atoms with Crippen LogP contribution in [0.3, 0.4) is 0 Å². The molecule has 6 heteroatoms. The number of rotatable bonds is 5. The standard InChI is InChI=1S/C16H26N4O2/c1-3-14-10-15(19(2)11-13-4-7-22-12-13)18-16(17-14)20-5-8-21-9-6-20/h10,13H,3-9,11-12H2,1-2H3. The van der Waals surface area contributed by atoms with Gasteiger partial charge in [-0.1, -0.05) is 6.92 Å². The highest BCUT2D eigenvalue weighted by Gasteiger charge is 2.20. The van der Waals surface area contributed by atoms with Crippen molar-refractivity contribution in [3.8, 4) is 0 Å². The number of morpholine rings is 1. The van der Waals surface area contributed by atoms with Crippen LogP contribution in [0.15, 0.2) is 6.07 Å². The van der Waals surface area contributed by atoms with Gasteiger partial charge in [-0.15, -0.1) is 0 Å². The van der Waals surface area contributed by atoms with Gasteiger partial charge in [0, 0.05) is 51.0 Å². The van der Waals surface area contributed by atoms with E-state index in [-0.39, 0.29) is 0 Å². The summed E-state index contributed by atoms with van der Waals surface area (Å²) < 4.78 is 10.9. The molecule has 22 heavy (non-hydrogen) atoms. The second-order valence-electron chi connectivity index (χ2n) is 6.08. The molecule has 3 heterocycles. The minimum atomic E-state index is 0.608. The summed E-state index contributed by atoms with van der Waals surface area (Å²) in [5.74, 6) is 2.46. The largest absolute Gasteiger partial charge is 0.381 e. The van der Waals surface area contributed by atoms with E-state index in [1.54, 1.807) is 0 Å². The maximum absolute atomic E-state index is 5.48. The molecule has 0 amide bonds. The Hall–Kier alpha value is -1.40. The van der Waals surface area contributed by atoms with Gasteiger partial charge in [-0.25, -0.2) is 4.98 Å². The van der Waals surface area contributed by atoms with Gasteiger partial charge in [0.2, 0.25) is 5.95 Å². The monoisotopic (exact) mass is 306 g/mol. The first-order valence-corrected chi connectivity index (χ1v) is 8.25. The molecule has 1 aromatic rings. The molecular formula is C16H26N4O2. The predicted molar refractivity (Wildman–Crippen MR) is 86.6 cm³/mol. The van der Waals surface area contributed by atoms with Crippen molar-refractivity contribution in [1.29, 1.82) is 0 Å². The first-order chi connectivity index (χ1) is 10.8. The van der Waals surface area contributed by atoms with Crippen molar-refractivity contribution in [3.05, 3.63) is 11.8 Å². The number of ether oxygens (including phenoxy) is 2. The minimum absolute atomic E-state index is 0.608. The summed E-state index contributed by atoms with van der Waals surface area (Å²) in [4.78, 5) is 14.0. The van der Waals surface area contributed by atoms with Gasteiger partial charge >= 0.3 is 0 Å². The predicted octanol–water partition coefficient (Wildman–Crippen LogP) is 1.35. The van der Waals surface area contributed by atoms with Crippen molar-refractivity contribution < 1.29 is 9.47 Å². The second-order valence-corrected chi connectivity index (χ2v) is 6.08. The summed E-state index contributed by atoms with van der Waals surface area (Å²) in [5, 5.41) is 0. The molecule has 1 atom stereocenters. The van der Waals surface area contributed by atoms with Crippen molar-refractivity contribution in [2.45, 2.75) is 19.8 Å². The molecule has 1 unspecified atom stereocenters. The molecule has 0 aliphatic carbocycles. The van der Waals surface area contributed by atoms with E-state index in [1.165, 1.54) is 0 Å². The summed E-state index contributed by atoms with van der Waals surface area (Å²) >= 11 is 0. The lowest BCUT2D eigenvalue weighted by Crippen LogP contribution is -2.38. The van der Waals surface area contributed by atoms with E-state index in [2.05, 4.69) is 29.8 Å². The van der Waals surface area contributed by atoms with Gasteiger partial charge in [-0.2, -0.15) is 4.98 Å². The van der Waals surface area contributed by atoms with Crippen LogP contribution in [-0.2, 0) is 15.9 Å². The molecule has 2 fully saturated rings. The zero-order valence-corrected chi connectivity index (χ0v) is 13.6. The SMILES string of the molecule is CCc1cc(N(C)CC2CCOC2)nc(N2CCOCC2)n1. The first-order valence-electron chi connectivity index (χ1n) is 8.25. The highest BCUT2D eigenvalue weighted by atomic mass is 16.5. The summed E-state index contributed by atoms with van der Waals surface area (Å²) in [6.07, 6.45) is 2.07. The zero-order chi connectivity index (χ0) is 15.4. The van der Waals surface area contributed by atoms with Crippen molar-refractivity contribution in [2.24, 2.45) is 5.92 Å². The van der Waals surface area contributed by atoms with Crippen LogP contribution < -0.4 is 9.80 Å². The zero-order valence-electron chi connectivity index (χ0n) is 13.6. The van der Waals surface area contributed by atoms with Gasteiger partial charge in [-0.3, -0.25) is 0 Å². The quantitative estimate of drug-likeness (QED) is 0.818. The Morgan fingerprint density at radius 1 is 1.23 bits per heavy atom. The van der Waals surface area contributed by atoms with Gasteiger partial charge in [0.1, 0.15) is 5.82 Å². The fraction of sp³-hybridized carbons (Fsp3) is 0.750. The summed E-state index contributed by atoms with van der Waals surface area (Å²) in [5.41, 5.74) is 1.10. The van der Waals surface area contributed by atoms with Crippen LogP contribution in [0.4, 0.5) is 11.8 Å². The molecule has 2 aliphatic heterocycles. The normalized spacial score (nSPS) is 22.1. The third kappa shape index (κ3) is 3.67. The third-order valence-electron chi connectivity index (χ3n) is 4.36. The van der Waals surface area contributed by atoms with Crippen LogP contribution in [-0.4, -0.2) is 63.1 Å². The maximum atomic E-state index is 5.48. The van der Waals surface area contributed by atoms with Crippen molar-refractivity contribution in [1.82, 2.24) is 9.97 Å². The lowest BCUT2D eigenvalue weighted by atomic mass is 10.1. The first kappa shape index (κ1) is 15.5. The maximum Gasteiger partial charge on any atom is 0.227 e. The molecule has 6 nitrogen and oxygen atoms in total. The third-order valence-corrected chi connectivity index (χ3v) is 4.36. The molecule has 122 valence electrons. The van der Waals surface area contributed by atoms with Gasteiger partial charge in [0.05, 0.1) is 19.8 Å². The highest BCUT2D eigenvalue weighted by molar-refractivity contribution is 5.46. The summed E-state index contributed by atoms with van der Waals surface area (Å²) in [7, 11) is 2.11. The van der Waals surface area contributed by atoms with Crippen LogP contribution in [0.25, 0.3) is 0 Å². The number of nitrogens with zero attached hydrogens (tertiary/aromatic N) is 4. The molecule has 0 radical (unpaired) electrons. The minimum Gasteiger partial charge on any atom is -0.381 e. The highest BCUT2D eigenvalue weighted by Crippen LogP contribution is 2.21. The average molecular weight is 306 g/mol. The molecular weight excluding hydrogens is 280 g/mol. The van der Waals surface area contributed by atoms with E-state index >= 15 is 0 Å². The molecule has 0 aromatic carbocycles. The molecule has 2 saturated heterocycles. The Kier molecular flexibility index (Phi) is 5.10. The lowest BCUT2D eigenvalue weighted by Gasteiger charge is -2.29. The molecule has 1 aromatic heterocycles. The van der Waals surface area contributed by atoms with Crippen LogP contribution in [0.5, 0.6) is 0 Å². The lowest BCUT2D eigenvalue weighted by molar-refractivity contribution is 0.122. The molecule has 0 saturated carbocycles. The molecule has 0 bridgehead atoms. The Morgan fingerprint density at radius 3 is 2.73 bits per heavy atom. The molecule has 2 aliphatic rings. The summed E-state index contributed by atoms with van der Waals surface area (Å²) in [6, 6.07) is 2.11. The topological polar surface area (TPSA) is 50.7 Å². The Bertz CT molecular complexity index is 485. The number of aromatic nitrogens is 2. The molecule has 0 spiro atoms. The van der Waals surface area contributed by atoms with Crippen LogP contribution in [0.2, 0.25) is 0 Å². The summed E-state index contributed by atoms with van der Waals surface area (Å²) in [6.45, 7) is 8.13. The molecule has 3 rings (SSSR count). The van der Waals surface area contributed by atoms with Gasteiger partial charge in [0.25, 0.3) is 0 Å².